The predicted octanol–water partition coefficient (Wildman–Crippen LogP) is 4.42. The minimum atomic E-state index is -0.236. The summed E-state index contributed by atoms with van der Waals surface area (Å²) in [6.07, 6.45) is 9.30. The van der Waals surface area contributed by atoms with Crippen molar-refractivity contribution in [1.29, 1.82) is 0 Å². The van der Waals surface area contributed by atoms with Crippen LogP contribution in [0.1, 0.15) is 18.4 Å². The average Bonchev–Trinajstić information content (AvgIpc) is 3.38. The normalized spacial score (nSPS) is 21.7. The van der Waals surface area contributed by atoms with Crippen molar-refractivity contribution in [2.75, 3.05) is 5.32 Å². The summed E-state index contributed by atoms with van der Waals surface area (Å²) < 4.78 is 18.7. The topological polar surface area (TPSA) is 47.7 Å². The average molecular weight is 385 g/mol. The van der Waals surface area contributed by atoms with E-state index in [0.717, 1.165) is 24.1 Å². The molecule has 6 rings (SSSR count). The summed E-state index contributed by atoms with van der Waals surface area (Å²) in [5, 5.41) is 7.64. The van der Waals surface area contributed by atoms with E-state index in [4.69, 9.17) is 0 Å². The zero-order valence-electron chi connectivity index (χ0n) is 16.0. The van der Waals surface area contributed by atoms with Crippen LogP contribution in [-0.4, -0.2) is 25.4 Å². The number of hydrogen-bond donors (Lipinski definition) is 1. The van der Waals surface area contributed by atoms with Gasteiger partial charge in [-0.1, -0.05) is 24.3 Å². The van der Waals surface area contributed by atoms with Gasteiger partial charge in [0, 0.05) is 41.7 Å². The summed E-state index contributed by atoms with van der Waals surface area (Å²) in [5.41, 5.74) is 5.96. The Morgan fingerprint density at radius 1 is 1.10 bits per heavy atom. The lowest BCUT2D eigenvalue weighted by Gasteiger charge is -2.47. The van der Waals surface area contributed by atoms with Gasteiger partial charge in [-0.3, -0.25) is 4.68 Å². The predicted molar refractivity (Wildman–Crippen MR) is 110 cm³/mol. The Balaban J connectivity index is 1.24. The first kappa shape index (κ1) is 16.5. The van der Waals surface area contributed by atoms with Gasteiger partial charge in [0.05, 0.1) is 30.0 Å². The molecule has 5 nitrogen and oxygen atoms in total. The van der Waals surface area contributed by atoms with E-state index in [1.807, 2.05) is 37.9 Å². The van der Waals surface area contributed by atoms with Crippen LogP contribution in [0.15, 0.2) is 67.4 Å². The molecule has 0 radical (unpaired) electrons. The second kappa shape index (κ2) is 5.80. The fourth-order valence-corrected chi connectivity index (χ4v) is 4.99. The van der Waals surface area contributed by atoms with Crippen LogP contribution in [0.25, 0.3) is 22.4 Å². The molecular weight excluding hydrogens is 365 g/mol. The van der Waals surface area contributed by atoms with Crippen LogP contribution in [-0.2, 0) is 12.6 Å². The summed E-state index contributed by atoms with van der Waals surface area (Å²) in [4.78, 5) is 4.37. The maximum absolute atomic E-state index is 14.7. The van der Waals surface area contributed by atoms with E-state index >= 15 is 0 Å². The van der Waals surface area contributed by atoms with Crippen molar-refractivity contribution in [3.8, 4) is 22.4 Å². The lowest BCUT2D eigenvalue weighted by atomic mass is 9.68. The molecule has 1 saturated carbocycles. The minimum absolute atomic E-state index is 0.0334. The first-order valence-electron chi connectivity index (χ1n) is 9.82. The molecule has 1 N–H and O–H groups in total. The molecule has 2 aromatic carbocycles. The minimum Gasteiger partial charge on any atom is -0.382 e. The van der Waals surface area contributed by atoms with E-state index < -0.39 is 0 Å². The quantitative estimate of drug-likeness (QED) is 0.568. The number of rotatable bonds is 3. The molecule has 29 heavy (non-hydrogen) atoms. The van der Waals surface area contributed by atoms with Crippen molar-refractivity contribution in [3.63, 3.8) is 0 Å². The van der Waals surface area contributed by atoms with Gasteiger partial charge in [-0.2, -0.15) is 5.10 Å². The van der Waals surface area contributed by atoms with E-state index in [0.29, 0.717) is 11.6 Å². The van der Waals surface area contributed by atoms with Gasteiger partial charge in [0.15, 0.2) is 0 Å². The third-order valence-electron chi connectivity index (χ3n) is 6.33. The van der Waals surface area contributed by atoms with Crippen molar-refractivity contribution in [3.05, 3.63) is 78.8 Å². The molecule has 2 aromatic heterocycles. The highest BCUT2D eigenvalue weighted by molar-refractivity contribution is 5.72. The van der Waals surface area contributed by atoms with E-state index in [1.165, 1.54) is 16.8 Å². The highest BCUT2D eigenvalue weighted by atomic mass is 19.1. The van der Waals surface area contributed by atoms with Crippen molar-refractivity contribution in [2.45, 2.75) is 24.4 Å². The van der Waals surface area contributed by atoms with Crippen molar-refractivity contribution in [1.82, 2.24) is 19.3 Å². The summed E-state index contributed by atoms with van der Waals surface area (Å²) in [6.45, 7) is 0. The second-order valence-corrected chi connectivity index (χ2v) is 8.07. The smallest absolute Gasteiger partial charge is 0.133 e. The van der Waals surface area contributed by atoms with E-state index in [9.17, 15) is 4.39 Å². The Kier molecular flexibility index (Phi) is 3.30. The summed E-state index contributed by atoms with van der Waals surface area (Å²) in [7, 11) is 1.83. The largest absolute Gasteiger partial charge is 0.382 e. The molecular formula is C23H20FN5. The van der Waals surface area contributed by atoms with Gasteiger partial charge in [-0.05, 0) is 36.6 Å². The molecule has 0 saturated heterocycles. The van der Waals surface area contributed by atoms with Crippen molar-refractivity contribution in [2.24, 2.45) is 7.05 Å². The van der Waals surface area contributed by atoms with Gasteiger partial charge in [0.2, 0.25) is 0 Å². The van der Waals surface area contributed by atoms with Gasteiger partial charge < -0.3 is 9.88 Å². The Labute approximate surface area is 167 Å². The van der Waals surface area contributed by atoms with Crippen LogP contribution in [0, 0.1) is 5.82 Å². The molecule has 1 aliphatic heterocycles. The van der Waals surface area contributed by atoms with Crippen LogP contribution < -0.4 is 5.32 Å². The van der Waals surface area contributed by atoms with Crippen LogP contribution in [0.3, 0.4) is 0 Å². The molecule has 0 bridgehead atoms. The molecule has 3 heterocycles. The number of halogens is 1. The van der Waals surface area contributed by atoms with Crippen molar-refractivity contribution < 1.29 is 4.39 Å². The second-order valence-electron chi connectivity index (χ2n) is 8.07. The van der Waals surface area contributed by atoms with Gasteiger partial charge in [-0.25, -0.2) is 9.37 Å². The molecule has 6 heteroatoms. The highest BCUT2D eigenvalue weighted by Gasteiger charge is 2.52. The molecule has 2 aliphatic rings. The van der Waals surface area contributed by atoms with Gasteiger partial charge >= 0.3 is 0 Å². The molecule has 1 fully saturated rings. The zero-order chi connectivity index (χ0) is 19.6. The maximum atomic E-state index is 14.7. The lowest BCUT2D eigenvalue weighted by molar-refractivity contribution is 0.185. The zero-order valence-corrected chi connectivity index (χ0v) is 16.0. The third kappa shape index (κ3) is 2.32. The maximum Gasteiger partial charge on any atom is 0.133 e. The first-order chi connectivity index (χ1) is 14.1. The van der Waals surface area contributed by atoms with Crippen molar-refractivity contribution >= 4 is 5.69 Å². The number of aromatic nitrogens is 4. The molecule has 0 amide bonds. The summed E-state index contributed by atoms with van der Waals surface area (Å²) >= 11 is 0. The number of aryl methyl sites for hydroxylation is 1. The number of benzene rings is 2. The Morgan fingerprint density at radius 2 is 1.97 bits per heavy atom. The van der Waals surface area contributed by atoms with E-state index in [2.05, 4.69) is 44.2 Å². The van der Waals surface area contributed by atoms with Crippen LogP contribution in [0.5, 0.6) is 0 Å². The summed E-state index contributed by atoms with van der Waals surface area (Å²) in [5.74, 6) is -0.236. The number of nitrogens with one attached hydrogen (secondary N) is 1. The fourth-order valence-electron chi connectivity index (χ4n) is 4.99. The van der Waals surface area contributed by atoms with Gasteiger partial charge in [0.1, 0.15) is 5.82 Å². The van der Waals surface area contributed by atoms with Crippen LogP contribution >= 0.6 is 0 Å². The highest BCUT2D eigenvalue weighted by Crippen LogP contribution is 2.54. The molecule has 144 valence electrons. The summed E-state index contributed by atoms with van der Waals surface area (Å²) in [6, 6.07) is 14.2. The van der Waals surface area contributed by atoms with E-state index in [-0.39, 0.29) is 11.4 Å². The number of anilines is 1. The number of imidazole rings is 1. The Bertz CT molecular complexity index is 1230. The molecule has 1 aliphatic carbocycles. The number of hydrogen-bond acceptors (Lipinski definition) is 3. The van der Waals surface area contributed by atoms with Gasteiger partial charge in [0.25, 0.3) is 0 Å². The number of nitrogens with zero attached hydrogens (tertiary/aromatic N) is 4. The molecule has 4 aromatic rings. The van der Waals surface area contributed by atoms with Crippen LogP contribution in [0.4, 0.5) is 10.1 Å². The first-order valence-corrected chi connectivity index (χ1v) is 9.82. The van der Waals surface area contributed by atoms with E-state index in [1.54, 1.807) is 16.9 Å². The standard InChI is InChI=1S/C23H20FN5/c1-28-13-15(11-26-28)18-7-6-16(8-21(18)24)27-17-9-23(10-17)20-5-3-2-4-19(20)22-12-25-14-29(22)23/h2-8,11-14,17,27H,9-10H2,1H3. The lowest BCUT2D eigenvalue weighted by Crippen LogP contribution is -2.51. The SMILES string of the molecule is Cn1cc(-c2ccc(NC3CC4(C3)c3ccccc3-c3cncn34)cc2F)cn1. The molecule has 0 atom stereocenters. The monoisotopic (exact) mass is 385 g/mol. The number of fused-ring (bicyclic) bond motifs is 5. The molecule has 0 unspecified atom stereocenters. The van der Waals surface area contributed by atoms with Crippen LogP contribution in [0.2, 0.25) is 0 Å². The molecule has 1 spiro atoms. The Morgan fingerprint density at radius 3 is 2.76 bits per heavy atom. The Hall–Kier alpha value is -3.41. The fraction of sp³-hybridized carbons (Fsp3) is 0.217. The van der Waals surface area contributed by atoms with Gasteiger partial charge in [-0.15, -0.1) is 0 Å². The third-order valence-corrected chi connectivity index (χ3v) is 6.33.